The maximum atomic E-state index is 11.9. The van der Waals surface area contributed by atoms with Gasteiger partial charge < -0.3 is 19.9 Å². The van der Waals surface area contributed by atoms with Crippen molar-refractivity contribution in [3.8, 4) is 5.75 Å². The Balaban J connectivity index is 1.73. The zero-order valence-corrected chi connectivity index (χ0v) is 13.8. The quantitative estimate of drug-likeness (QED) is 0.771. The lowest BCUT2D eigenvalue weighted by Gasteiger charge is -2.26. The highest BCUT2D eigenvalue weighted by Gasteiger charge is 2.20. The van der Waals surface area contributed by atoms with Gasteiger partial charge in [-0.3, -0.25) is 4.79 Å². The molecule has 23 heavy (non-hydrogen) atoms. The molecule has 0 aromatic heterocycles. The van der Waals surface area contributed by atoms with E-state index < -0.39 is 0 Å². The minimum absolute atomic E-state index is 0.0334. The van der Waals surface area contributed by atoms with Crippen molar-refractivity contribution in [2.75, 3.05) is 19.8 Å². The summed E-state index contributed by atoms with van der Waals surface area (Å²) in [6.07, 6.45) is 4.75. The van der Waals surface area contributed by atoms with E-state index in [0.717, 1.165) is 18.4 Å². The zero-order chi connectivity index (χ0) is 16.5. The number of aliphatic hydroxyl groups excluding tert-OH is 1. The van der Waals surface area contributed by atoms with Gasteiger partial charge >= 0.3 is 0 Å². The molecule has 0 spiro atoms. The fourth-order valence-corrected chi connectivity index (χ4v) is 2.91. The Kier molecular flexibility index (Phi) is 7.36. The standard InChI is InChI=1S/C18H27NO4/c1-14-5-4-7-16(11-14)23-13-18(21)19-12-15-6-2-3-8-17(15)22-10-9-20/h2-3,6,8,14,16,20H,4-5,7,9-13H2,1H3,(H,19,21)/t14-,16+/m0/s1. The highest BCUT2D eigenvalue weighted by molar-refractivity contribution is 5.77. The summed E-state index contributed by atoms with van der Waals surface area (Å²) in [7, 11) is 0. The van der Waals surface area contributed by atoms with E-state index in [0.29, 0.717) is 18.2 Å². The number of hydrogen-bond donors (Lipinski definition) is 2. The van der Waals surface area contributed by atoms with Crippen LogP contribution in [0.2, 0.25) is 0 Å². The van der Waals surface area contributed by atoms with Crippen LogP contribution in [0, 0.1) is 5.92 Å². The number of rotatable bonds is 8. The van der Waals surface area contributed by atoms with E-state index in [9.17, 15) is 4.79 Å². The smallest absolute Gasteiger partial charge is 0.246 e. The van der Waals surface area contributed by atoms with E-state index in [-0.39, 0.29) is 31.8 Å². The van der Waals surface area contributed by atoms with Gasteiger partial charge in [-0.25, -0.2) is 0 Å². The van der Waals surface area contributed by atoms with Gasteiger partial charge in [0.25, 0.3) is 0 Å². The van der Waals surface area contributed by atoms with Crippen molar-refractivity contribution < 1.29 is 19.4 Å². The van der Waals surface area contributed by atoms with Crippen molar-refractivity contribution in [2.24, 2.45) is 5.92 Å². The van der Waals surface area contributed by atoms with E-state index in [4.69, 9.17) is 14.6 Å². The Bertz CT molecular complexity index is 492. The van der Waals surface area contributed by atoms with Crippen molar-refractivity contribution in [2.45, 2.75) is 45.3 Å². The number of carbonyl (C=O) groups excluding carboxylic acids is 1. The SMILES string of the molecule is C[C@H]1CCC[C@@H](OCC(=O)NCc2ccccc2OCCO)C1. The third kappa shape index (κ3) is 6.20. The Labute approximate surface area is 138 Å². The summed E-state index contributed by atoms with van der Waals surface area (Å²) < 4.78 is 11.2. The summed E-state index contributed by atoms with van der Waals surface area (Å²) in [5.41, 5.74) is 0.889. The van der Waals surface area contributed by atoms with E-state index in [1.54, 1.807) is 0 Å². The second-order valence-electron chi connectivity index (χ2n) is 6.16. The molecule has 128 valence electrons. The third-order valence-electron chi connectivity index (χ3n) is 4.14. The molecular formula is C18H27NO4. The molecule has 5 nitrogen and oxygen atoms in total. The first kappa shape index (κ1) is 17.8. The molecule has 1 aromatic rings. The van der Waals surface area contributed by atoms with E-state index in [1.807, 2.05) is 24.3 Å². The van der Waals surface area contributed by atoms with Gasteiger partial charge in [0, 0.05) is 12.1 Å². The van der Waals surface area contributed by atoms with Gasteiger partial charge in [-0.15, -0.1) is 0 Å². The van der Waals surface area contributed by atoms with Gasteiger partial charge in [0.05, 0.1) is 12.7 Å². The molecule has 5 heteroatoms. The summed E-state index contributed by atoms with van der Waals surface area (Å²) in [6, 6.07) is 7.49. The van der Waals surface area contributed by atoms with Crippen LogP contribution in [0.4, 0.5) is 0 Å². The number of benzene rings is 1. The molecule has 1 saturated carbocycles. The number of para-hydroxylation sites is 1. The Morgan fingerprint density at radius 3 is 2.96 bits per heavy atom. The molecule has 2 atom stereocenters. The number of carbonyl (C=O) groups is 1. The number of amides is 1. The first-order valence-corrected chi connectivity index (χ1v) is 8.39. The molecule has 2 N–H and O–H groups in total. The molecule has 0 saturated heterocycles. The molecule has 1 aliphatic carbocycles. The summed E-state index contributed by atoms with van der Waals surface area (Å²) in [4.78, 5) is 11.9. The lowest BCUT2D eigenvalue weighted by atomic mass is 9.89. The first-order chi connectivity index (χ1) is 11.2. The average Bonchev–Trinajstić information content (AvgIpc) is 2.57. The van der Waals surface area contributed by atoms with E-state index >= 15 is 0 Å². The van der Waals surface area contributed by atoms with Gasteiger partial charge in [0.2, 0.25) is 5.91 Å². The van der Waals surface area contributed by atoms with Crippen LogP contribution in [-0.4, -0.2) is 36.9 Å². The molecular weight excluding hydrogens is 294 g/mol. The van der Waals surface area contributed by atoms with Crippen molar-refractivity contribution in [1.29, 1.82) is 0 Å². The predicted molar refractivity (Wildman–Crippen MR) is 88.2 cm³/mol. The van der Waals surface area contributed by atoms with Crippen molar-refractivity contribution >= 4 is 5.91 Å². The molecule has 0 heterocycles. The molecule has 0 bridgehead atoms. The van der Waals surface area contributed by atoms with Crippen molar-refractivity contribution in [3.05, 3.63) is 29.8 Å². The van der Waals surface area contributed by atoms with E-state index in [1.165, 1.54) is 12.8 Å². The maximum absolute atomic E-state index is 11.9. The van der Waals surface area contributed by atoms with Gasteiger partial charge in [-0.1, -0.05) is 38.0 Å². The zero-order valence-electron chi connectivity index (χ0n) is 13.8. The molecule has 0 unspecified atom stereocenters. The summed E-state index contributed by atoms with van der Waals surface area (Å²) in [6.45, 7) is 2.95. The molecule has 0 aliphatic heterocycles. The number of ether oxygens (including phenoxy) is 2. The monoisotopic (exact) mass is 321 g/mol. The summed E-state index contributed by atoms with van der Waals surface area (Å²) >= 11 is 0. The fraction of sp³-hybridized carbons (Fsp3) is 0.611. The molecule has 2 rings (SSSR count). The highest BCUT2D eigenvalue weighted by atomic mass is 16.5. The van der Waals surface area contributed by atoms with Crippen LogP contribution in [0.5, 0.6) is 5.75 Å². The molecule has 1 aliphatic rings. The fourth-order valence-electron chi connectivity index (χ4n) is 2.91. The second kappa shape index (κ2) is 9.53. The average molecular weight is 321 g/mol. The van der Waals surface area contributed by atoms with Gasteiger partial charge in [-0.05, 0) is 24.8 Å². The van der Waals surface area contributed by atoms with Crippen LogP contribution < -0.4 is 10.1 Å². The topological polar surface area (TPSA) is 67.8 Å². The lowest BCUT2D eigenvalue weighted by Crippen LogP contribution is -2.31. The maximum Gasteiger partial charge on any atom is 0.246 e. The summed E-state index contributed by atoms with van der Waals surface area (Å²) in [5, 5.41) is 11.7. The minimum atomic E-state index is -0.111. The van der Waals surface area contributed by atoms with Crippen LogP contribution in [0.15, 0.2) is 24.3 Å². The van der Waals surface area contributed by atoms with Crippen molar-refractivity contribution in [3.63, 3.8) is 0 Å². The van der Waals surface area contributed by atoms with Crippen LogP contribution in [0.1, 0.15) is 38.2 Å². The van der Waals surface area contributed by atoms with Gasteiger partial charge in [0.15, 0.2) is 0 Å². The second-order valence-corrected chi connectivity index (χ2v) is 6.16. The minimum Gasteiger partial charge on any atom is -0.491 e. The van der Waals surface area contributed by atoms with Crippen LogP contribution >= 0.6 is 0 Å². The molecule has 1 aromatic carbocycles. The highest BCUT2D eigenvalue weighted by Crippen LogP contribution is 2.25. The van der Waals surface area contributed by atoms with E-state index in [2.05, 4.69) is 12.2 Å². The normalized spacial score (nSPS) is 21.0. The van der Waals surface area contributed by atoms with Crippen LogP contribution in [0.3, 0.4) is 0 Å². The predicted octanol–water partition coefficient (Wildman–Crippen LogP) is 2.27. The number of nitrogens with one attached hydrogen (secondary N) is 1. The van der Waals surface area contributed by atoms with Crippen LogP contribution in [0.25, 0.3) is 0 Å². The van der Waals surface area contributed by atoms with Crippen LogP contribution in [-0.2, 0) is 16.1 Å². The molecule has 1 fully saturated rings. The third-order valence-corrected chi connectivity index (χ3v) is 4.14. The Morgan fingerprint density at radius 2 is 2.17 bits per heavy atom. The largest absolute Gasteiger partial charge is 0.491 e. The van der Waals surface area contributed by atoms with Gasteiger partial charge in [0.1, 0.15) is 19.0 Å². The summed E-state index contributed by atoms with van der Waals surface area (Å²) in [5.74, 6) is 1.26. The Morgan fingerprint density at radius 1 is 1.35 bits per heavy atom. The molecule has 0 radical (unpaired) electrons. The van der Waals surface area contributed by atoms with Gasteiger partial charge in [-0.2, -0.15) is 0 Å². The first-order valence-electron chi connectivity index (χ1n) is 8.39. The molecule has 1 amide bonds. The Hall–Kier alpha value is -1.59. The number of aliphatic hydroxyl groups is 1. The number of hydrogen-bond acceptors (Lipinski definition) is 4. The van der Waals surface area contributed by atoms with Crippen molar-refractivity contribution in [1.82, 2.24) is 5.32 Å². The lowest BCUT2D eigenvalue weighted by molar-refractivity contribution is -0.128.